The van der Waals surface area contributed by atoms with Crippen molar-refractivity contribution in [3.63, 3.8) is 0 Å². The Morgan fingerprint density at radius 1 is 0.944 bits per heavy atom. The van der Waals surface area contributed by atoms with Gasteiger partial charge in [-0.3, -0.25) is 0 Å². The largest absolute Gasteiger partial charge is 0.464 e. The molecule has 1 N–H and O–H groups in total. The highest BCUT2D eigenvalue weighted by Crippen LogP contribution is 2.30. The number of rotatable bonds is 0. The predicted octanol–water partition coefficient (Wildman–Crippen LogP) is 2.08. The smallest absolute Gasteiger partial charge is 0.134 e. The molecule has 2 aromatic carbocycles. The van der Waals surface area contributed by atoms with Crippen molar-refractivity contribution in [1.82, 2.24) is 0 Å². The Kier molecular flexibility index (Phi) is 1.97. The number of para-hydroxylation sites is 1. The molecule has 0 bridgehead atoms. The number of benzene rings is 2. The van der Waals surface area contributed by atoms with Gasteiger partial charge in [-0.05, 0) is 24.1 Å². The lowest BCUT2D eigenvalue weighted by molar-refractivity contribution is 0.537. The molecule has 2 heterocycles. The van der Waals surface area contributed by atoms with Crippen LogP contribution in [0.3, 0.4) is 0 Å². The minimum Gasteiger partial charge on any atom is -0.464 e. The third-order valence-corrected chi connectivity index (χ3v) is 3.58. The average molecular weight is 235 g/mol. The quantitative estimate of drug-likeness (QED) is 0.755. The molecule has 2 aliphatic heterocycles. The Hall–Kier alpha value is -2.22. The van der Waals surface area contributed by atoms with Crippen LogP contribution in [0.4, 0.5) is 5.69 Å². The summed E-state index contributed by atoms with van der Waals surface area (Å²) in [5.41, 5.74) is 3.64. The van der Waals surface area contributed by atoms with E-state index < -0.39 is 0 Å². The van der Waals surface area contributed by atoms with Gasteiger partial charge in [0.25, 0.3) is 0 Å². The first-order chi connectivity index (χ1) is 8.93. The first kappa shape index (κ1) is 9.77. The van der Waals surface area contributed by atoms with E-state index in [-0.39, 0.29) is 0 Å². The Labute approximate surface area is 105 Å². The summed E-state index contributed by atoms with van der Waals surface area (Å²) >= 11 is 0. The van der Waals surface area contributed by atoms with Gasteiger partial charge in [0, 0.05) is 28.2 Å². The number of hydrogen-bond acceptors (Lipinski definition) is 2. The minimum absolute atomic E-state index is 0.939. The highest BCUT2D eigenvalue weighted by Gasteiger charge is 2.14. The van der Waals surface area contributed by atoms with Gasteiger partial charge in [-0.25, -0.2) is 0 Å². The number of hydrogen-bond donors (Lipinski definition) is 1. The maximum atomic E-state index is 5.74. The summed E-state index contributed by atoms with van der Waals surface area (Å²) in [4.78, 5) is 0. The van der Waals surface area contributed by atoms with Crippen molar-refractivity contribution in [2.24, 2.45) is 0 Å². The monoisotopic (exact) mass is 235 g/mol. The van der Waals surface area contributed by atoms with Crippen LogP contribution in [0, 0.1) is 0 Å². The molecule has 2 nitrogen and oxygen atoms in total. The summed E-state index contributed by atoms with van der Waals surface area (Å²) in [6.45, 7) is 1.02. The van der Waals surface area contributed by atoms with Crippen LogP contribution >= 0.6 is 0 Å². The molecule has 4 rings (SSSR count). The van der Waals surface area contributed by atoms with Gasteiger partial charge in [-0.15, -0.1) is 0 Å². The molecule has 2 aromatic rings. The van der Waals surface area contributed by atoms with Gasteiger partial charge in [0.2, 0.25) is 0 Å². The van der Waals surface area contributed by atoms with Crippen molar-refractivity contribution in [2.45, 2.75) is 6.42 Å². The highest BCUT2D eigenvalue weighted by molar-refractivity contribution is 5.76. The predicted molar refractivity (Wildman–Crippen MR) is 73.8 cm³/mol. The highest BCUT2D eigenvalue weighted by atomic mass is 16.5. The summed E-state index contributed by atoms with van der Waals surface area (Å²) in [7, 11) is 0. The lowest BCUT2D eigenvalue weighted by Crippen LogP contribution is -2.34. The molecule has 88 valence electrons. The van der Waals surface area contributed by atoms with Crippen molar-refractivity contribution >= 4 is 18.0 Å². The number of anilines is 1. The molecular formula is C16H13NO. The zero-order chi connectivity index (χ0) is 11.9. The summed E-state index contributed by atoms with van der Waals surface area (Å²) in [5.74, 6) is 0.939. The van der Waals surface area contributed by atoms with Crippen molar-refractivity contribution < 1.29 is 4.74 Å². The van der Waals surface area contributed by atoms with Crippen LogP contribution in [-0.2, 0) is 0 Å². The molecule has 0 fully saturated rings. The fourth-order valence-electron chi connectivity index (χ4n) is 2.71. The normalized spacial score (nSPS) is 14.9. The maximum Gasteiger partial charge on any atom is 0.134 e. The van der Waals surface area contributed by atoms with Gasteiger partial charge < -0.3 is 10.1 Å². The SMILES string of the molecule is C1=c2c(ccc3c2=COc2ccccc2-3)NCC1. The van der Waals surface area contributed by atoms with Gasteiger partial charge >= 0.3 is 0 Å². The van der Waals surface area contributed by atoms with E-state index in [1.165, 1.54) is 27.3 Å². The van der Waals surface area contributed by atoms with E-state index in [0.29, 0.717) is 0 Å². The molecule has 0 amide bonds. The third-order valence-electron chi connectivity index (χ3n) is 3.58. The van der Waals surface area contributed by atoms with Crippen LogP contribution in [0.25, 0.3) is 23.5 Å². The number of ether oxygens (including phenoxy) is 1. The van der Waals surface area contributed by atoms with Crippen LogP contribution < -0.4 is 20.5 Å². The first-order valence-corrected chi connectivity index (χ1v) is 6.27. The average Bonchev–Trinajstić information content (AvgIpc) is 2.46. The Balaban J connectivity index is 2.09. The Morgan fingerprint density at radius 2 is 1.89 bits per heavy atom. The molecule has 2 aliphatic rings. The van der Waals surface area contributed by atoms with Crippen LogP contribution in [0.5, 0.6) is 5.75 Å². The summed E-state index contributed by atoms with van der Waals surface area (Å²) in [6.07, 6.45) is 5.23. The standard InChI is InChI=1S/C16H13NO/c1-2-6-16-13(4-1)11-7-8-15-12(5-3-9-17-15)14(11)10-18-16/h1-2,4-8,10,17H,3,9H2. The van der Waals surface area contributed by atoms with Gasteiger partial charge in [0.05, 0.1) is 6.26 Å². The summed E-state index contributed by atoms with van der Waals surface area (Å²) < 4.78 is 5.74. The van der Waals surface area contributed by atoms with Crippen LogP contribution in [0.1, 0.15) is 6.42 Å². The van der Waals surface area contributed by atoms with E-state index in [0.717, 1.165) is 18.7 Å². The molecule has 0 aromatic heterocycles. The second-order valence-electron chi connectivity index (χ2n) is 4.64. The lowest BCUT2D eigenvalue weighted by Gasteiger charge is -2.18. The maximum absolute atomic E-state index is 5.74. The third kappa shape index (κ3) is 1.29. The molecule has 0 unspecified atom stereocenters. The molecule has 0 atom stereocenters. The zero-order valence-corrected chi connectivity index (χ0v) is 9.94. The van der Waals surface area contributed by atoms with Gasteiger partial charge in [-0.2, -0.15) is 0 Å². The Morgan fingerprint density at radius 3 is 2.89 bits per heavy atom. The van der Waals surface area contributed by atoms with E-state index in [2.05, 4.69) is 35.7 Å². The lowest BCUT2D eigenvalue weighted by atomic mass is 9.98. The molecule has 0 spiro atoms. The Bertz CT molecular complexity index is 746. The van der Waals surface area contributed by atoms with E-state index in [9.17, 15) is 0 Å². The van der Waals surface area contributed by atoms with Gasteiger partial charge in [0.15, 0.2) is 0 Å². The zero-order valence-electron chi connectivity index (χ0n) is 9.94. The van der Waals surface area contributed by atoms with Crippen molar-refractivity contribution in [3.8, 4) is 16.9 Å². The van der Waals surface area contributed by atoms with Gasteiger partial charge in [-0.1, -0.05) is 30.3 Å². The molecule has 0 saturated heterocycles. The number of nitrogens with one attached hydrogen (secondary N) is 1. The van der Waals surface area contributed by atoms with Gasteiger partial charge in [0.1, 0.15) is 5.75 Å². The number of fused-ring (bicyclic) bond motifs is 5. The molecular weight excluding hydrogens is 222 g/mol. The fourth-order valence-corrected chi connectivity index (χ4v) is 2.71. The van der Waals surface area contributed by atoms with E-state index in [4.69, 9.17) is 4.74 Å². The van der Waals surface area contributed by atoms with E-state index in [1.807, 2.05) is 18.4 Å². The van der Waals surface area contributed by atoms with Crippen molar-refractivity contribution in [3.05, 3.63) is 46.8 Å². The topological polar surface area (TPSA) is 21.3 Å². The second kappa shape index (κ2) is 3.64. The molecule has 18 heavy (non-hydrogen) atoms. The molecule has 0 saturated carbocycles. The first-order valence-electron chi connectivity index (χ1n) is 6.27. The van der Waals surface area contributed by atoms with Crippen molar-refractivity contribution in [1.29, 1.82) is 0 Å². The van der Waals surface area contributed by atoms with Crippen LogP contribution in [0.2, 0.25) is 0 Å². The minimum atomic E-state index is 0.939. The summed E-state index contributed by atoms with van der Waals surface area (Å²) in [6, 6.07) is 12.5. The van der Waals surface area contributed by atoms with Crippen molar-refractivity contribution in [2.75, 3.05) is 11.9 Å². The van der Waals surface area contributed by atoms with Crippen LogP contribution in [0.15, 0.2) is 36.4 Å². The molecule has 0 aliphatic carbocycles. The summed E-state index contributed by atoms with van der Waals surface area (Å²) in [5, 5.41) is 5.89. The fraction of sp³-hybridized carbons (Fsp3) is 0.125. The molecule has 2 heteroatoms. The molecule has 0 radical (unpaired) electrons. The van der Waals surface area contributed by atoms with E-state index in [1.54, 1.807) is 0 Å². The van der Waals surface area contributed by atoms with E-state index >= 15 is 0 Å². The van der Waals surface area contributed by atoms with Crippen LogP contribution in [-0.4, -0.2) is 6.54 Å². The second-order valence-corrected chi connectivity index (χ2v) is 4.64.